The van der Waals surface area contributed by atoms with Gasteiger partial charge in [0.05, 0.1) is 25.0 Å². The minimum Gasteiger partial charge on any atom is -0.442 e. The molecule has 1 saturated heterocycles. The minimum absolute atomic E-state index is 0.405. The van der Waals surface area contributed by atoms with Crippen LogP contribution in [-0.4, -0.2) is 52.0 Å². The molecule has 0 aliphatic carbocycles. The molecule has 0 unspecified atom stereocenters. The molecule has 9 heteroatoms. The van der Waals surface area contributed by atoms with Crippen LogP contribution < -0.4 is 4.90 Å². The Kier molecular flexibility index (Phi) is 5.35. The number of ether oxygens (including phenoxy) is 1. The summed E-state index contributed by atoms with van der Waals surface area (Å²) in [6.07, 6.45) is 3.31. The lowest BCUT2D eigenvalue weighted by Crippen LogP contribution is -2.38. The van der Waals surface area contributed by atoms with Gasteiger partial charge in [0.1, 0.15) is 5.60 Å². The molecule has 2 aromatic heterocycles. The van der Waals surface area contributed by atoms with Gasteiger partial charge >= 0.3 is 6.09 Å². The number of pyridine rings is 1. The number of rotatable bonds is 1. The number of thiol groups is 1. The van der Waals surface area contributed by atoms with Gasteiger partial charge in [0, 0.05) is 28.2 Å². The second kappa shape index (κ2) is 7.20. The highest BCUT2D eigenvalue weighted by atomic mass is 127. The average Bonchev–Trinajstić information content (AvgIpc) is 2.72. The molecule has 0 N–H and O–H groups in total. The summed E-state index contributed by atoms with van der Waals surface area (Å²) in [4.78, 5) is 24.4. The lowest BCUT2D eigenvalue weighted by molar-refractivity contribution is -0.137. The Hall–Kier alpha value is -1.20. The van der Waals surface area contributed by atoms with Crippen molar-refractivity contribution >= 4 is 58.2 Å². The number of anilines is 1. The highest BCUT2D eigenvalue weighted by Crippen LogP contribution is 2.27. The van der Waals surface area contributed by atoms with Gasteiger partial charge < -0.3 is 9.64 Å². The van der Waals surface area contributed by atoms with Crippen LogP contribution in [0.5, 0.6) is 0 Å². The summed E-state index contributed by atoms with van der Waals surface area (Å²) in [5.74, 6) is 0. The van der Waals surface area contributed by atoms with Crippen LogP contribution in [0, 0.1) is 3.57 Å². The predicted octanol–water partition coefficient (Wildman–Crippen LogP) is 3.32. The number of carbonyl (C=O) groups is 1. The van der Waals surface area contributed by atoms with Crippen LogP contribution in [0.3, 0.4) is 0 Å². The molecule has 0 saturated carbocycles. The monoisotopic (exact) mass is 476 g/mol. The van der Waals surface area contributed by atoms with E-state index in [9.17, 15) is 4.79 Å². The summed E-state index contributed by atoms with van der Waals surface area (Å²) in [5.41, 5.74) is 1.29. The summed E-state index contributed by atoms with van der Waals surface area (Å²) < 4.78 is 8.18. The van der Waals surface area contributed by atoms with E-state index in [1.54, 1.807) is 3.97 Å². The van der Waals surface area contributed by atoms with Crippen LogP contribution in [0.4, 0.5) is 10.5 Å². The zero-order chi connectivity index (χ0) is 18.2. The van der Waals surface area contributed by atoms with Gasteiger partial charge in [-0.25, -0.2) is 9.78 Å². The molecule has 3 heterocycles. The summed E-state index contributed by atoms with van der Waals surface area (Å²) in [7, 11) is 0. The fourth-order valence-electron chi connectivity index (χ4n) is 2.58. The number of amides is 1. The second-order valence-corrected chi connectivity index (χ2v) is 8.38. The molecular formula is C16H21IN4O3S. The number of nitrogens with zero attached hydrogens (tertiary/aromatic N) is 4. The van der Waals surface area contributed by atoms with E-state index in [0.29, 0.717) is 26.2 Å². The summed E-state index contributed by atoms with van der Waals surface area (Å²) in [5, 5.41) is 2.35. The van der Waals surface area contributed by atoms with E-state index < -0.39 is 11.7 Å². The third-order valence-electron chi connectivity index (χ3n) is 3.71. The zero-order valence-electron chi connectivity index (χ0n) is 14.4. The van der Waals surface area contributed by atoms with Gasteiger partial charge in [0.25, 0.3) is 0 Å². The fourth-order valence-corrected chi connectivity index (χ4v) is 3.75. The maximum Gasteiger partial charge on any atom is 0.434 e. The first kappa shape index (κ1) is 18.6. The van der Waals surface area contributed by atoms with Crippen molar-refractivity contribution < 1.29 is 14.4 Å². The third-order valence-corrected chi connectivity index (χ3v) is 4.87. The van der Waals surface area contributed by atoms with Gasteiger partial charge in [0.2, 0.25) is 0 Å². The van der Waals surface area contributed by atoms with E-state index >= 15 is 0 Å². The Morgan fingerprint density at radius 3 is 2.84 bits per heavy atom. The van der Waals surface area contributed by atoms with Crippen molar-refractivity contribution in [3.63, 3.8) is 0 Å². The van der Waals surface area contributed by atoms with Crippen molar-refractivity contribution in [1.82, 2.24) is 14.0 Å². The highest BCUT2D eigenvalue weighted by Gasteiger charge is 2.26. The van der Waals surface area contributed by atoms with Crippen molar-refractivity contribution in [3.05, 3.63) is 22.0 Å². The van der Waals surface area contributed by atoms with Gasteiger partial charge in [-0.2, -0.15) is 5.06 Å². The van der Waals surface area contributed by atoms with Crippen molar-refractivity contribution in [2.45, 2.75) is 26.4 Å². The Morgan fingerprint density at radius 2 is 2.12 bits per heavy atom. The number of aromatic nitrogens is 2. The SMILES string of the molecule is CC(C)(C)OC(=O)N1CCN(c2cnc3c(c2)c(I)cn3S)CCO1. The standard InChI is InChI=1S/C16H21IN4O3S/c1-16(2,3)24-15(22)20-5-4-19(6-7-23-20)11-8-12-13(17)10-21(25)14(12)18-9-11/h8-10,25H,4-7H2,1-3H3. The molecule has 0 aromatic carbocycles. The van der Waals surface area contributed by atoms with Crippen molar-refractivity contribution in [2.24, 2.45) is 0 Å². The van der Waals surface area contributed by atoms with E-state index in [-0.39, 0.29) is 0 Å². The summed E-state index contributed by atoms with van der Waals surface area (Å²) in [6, 6.07) is 2.10. The lowest BCUT2D eigenvalue weighted by Gasteiger charge is -2.25. The number of fused-ring (bicyclic) bond motifs is 1. The molecule has 0 atom stereocenters. The summed E-state index contributed by atoms with van der Waals surface area (Å²) in [6.45, 7) is 7.66. The van der Waals surface area contributed by atoms with Gasteiger partial charge in [-0.3, -0.25) is 8.81 Å². The van der Waals surface area contributed by atoms with Crippen LogP contribution in [0.2, 0.25) is 0 Å². The molecule has 1 aliphatic rings. The Balaban J connectivity index is 1.73. The van der Waals surface area contributed by atoms with Crippen molar-refractivity contribution in [2.75, 3.05) is 31.1 Å². The molecule has 1 amide bonds. The minimum atomic E-state index is -0.544. The van der Waals surface area contributed by atoms with Crippen LogP contribution in [0.15, 0.2) is 18.5 Å². The summed E-state index contributed by atoms with van der Waals surface area (Å²) >= 11 is 6.65. The molecule has 136 valence electrons. The van der Waals surface area contributed by atoms with Crippen LogP contribution in [0.1, 0.15) is 20.8 Å². The number of hydrogen-bond donors (Lipinski definition) is 1. The van der Waals surface area contributed by atoms with Crippen molar-refractivity contribution in [3.8, 4) is 0 Å². The largest absolute Gasteiger partial charge is 0.442 e. The number of hydroxylamine groups is 2. The van der Waals surface area contributed by atoms with Gasteiger partial charge in [-0.15, -0.1) is 0 Å². The Labute approximate surface area is 165 Å². The fraction of sp³-hybridized carbons (Fsp3) is 0.500. The van der Waals surface area contributed by atoms with Crippen LogP contribution in [0.25, 0.3) is 11.0 Å². The smallest absolute Gasteiger partial charge is 0.434 e. The first-order valence-electron chi connectivity index (χ1n) is 7.99. The predicted molar refractivity (Wildman–Crippen MR) is 108 cm³/mol. The number of hydrogen-bond acceptors (Lipinski definition) is 6. The quantitative estimate of drug-likeness (QED) is 0.506. The highest BCUT2D eigenvalue weighted by molar-refractivity contribution is 14.1. The molecule has 0 spiro atoms. The molecule has 3 rings (SSSR count). The van der Waals surface area contributed by atoms with Crippen molar-refractivity contribution in [1.29, 1.82) is 0 Å². The molecule has 0 bridgehead atoms. The van der Waals surface area contributed by atoms with E-state index in [2.05, 4.69) is 51.4 Å². The maximum absolute atomic E-state index is 12.2. The normalized spacial score (nSPS) is 16.2. The van der Waals surface area contributed by atoms with Gasteiger partial charge in [-0.05, 0) is 49.4 Å². The molecular weight excluding hydrogens is 455 g/mol. The third kappa shape index (κ3) is 4.32. The Bertz CT molecular complexity index is 790. The first-order chi connectivity index (χ1) is 11.7. The van der Waals surface area contributed by atoms with E-state index in [1.807, 2.05) is 33.2 Å². The molecule has 1 fully saturated rings. The maximum atomic E-state index is 12.2. The van der Waals surface area contributed by atoms with E-state index in [0.717, 1.165) is 20.3 Å². The van der Waals surface area contributed by atoms with E-state index in [1.165, 1.54) is 5.06 Å². The molecule has 2 aromatic rings. The lowest BCUT2D eigenvalue weighted by atomic mass is 10.2. The number of halogens is 1. The van der Waals surface area contributed by atoms with Crippen LogP contribution >= 0.6 is 35.4 Å². The molecule has 0 radical (unpaired) electrons. The Morgan fingerprint density at radius 1 is 1.36 bits per heavy atom. The zero-order valence-corrected chi connectivity index (χ0v) is 17.5. The molecule has 25 heavy (non-hydrogen) atoms. The van der Waals surface area contributed by atoms with Gasteiger partial charge in [0.15, 0.2) is 5.65 Å². The topological polar surface area (TPSA) is 59.8 Å². The second-order valence-electron chi connectivity index (χ2n) is 6.79. The first-order valence-corrected chi connectivity index (χ1v) is 9.47. The average molecular weight is 476 g/mol. The number of carbonyl (C=O) groups excluding carboxylic acids is 1. The van der Waals surface area contributed by atoms with Crippen LogP contribution in [-0.2, 0) is 9.57 Å². The van der Waals surface area contributed by atoms with E-state index in [4.69, 9.17) is 9.57 Å². The molecule has 1 aliphatic heterocycles. The van der Waals surface area contributed by atoms with Gasteiger partial charge in [-0.1, -0.05) is 12.8 Å². The molecule has 7 nitrogen and oxygen atoms in total.